The molecule has 1 aromatic heterocycles. The highest BCUT2D eigenvalue weighted by molar-refractivity contribution is 5.95. The second-order valence-corrected chi connectivity index (χ2v) is 4.14. The Hall–Kier alpha value is -1.13. The highest BCUT2D eigenvalue weighted by Crippen LogP contribution is 2.09. The fourth-order valence-electron chi connectivity index (χ4n) is 1.96. The molecule has 1 fully saturated rings. The molecule has 1 atom stereocenters. The highest BCUT2D eigenvalue weighted by Gasteiger charge is 2.21. The second kappa shape index (κ2) is 5.27. The third kappa shape index (κ3) is 2.71. The number of ether oxygens (including phenoxy) is 1. The van der Waals surface area contributed by atoms with Crippen LogP contribution in [0.1, 0.15) is 23.8 Å². The molecule has 4 nitrogen and oxygen atoms in total. The lowest BCUT2D eigenvalue weighted by atomic mass is 10.2. The molecule has 0 saturated carbocycles. The summed E-state index contributed by atoms with van der Waals surface area (Å²) in [6.07, 6.45) is 3.07. The van der Waals surface area contributed by atoms with Gasteiger partial charge in [-0.05, 0) is 18.6 Å². The maximum atomic E-state index is 11.9. The number of rotatable bonds is 4. The van der Waals surface area contributed by atoms with Crippen LogP contribution in [0.3, 0.4) is 0 Å². The number of H-pyrrole nitrogens is 1. The molecular formula is C12H18N2O2. The fourth-order valence-corrected chi connectivity index (χ4v) is 1.96. The number of hydrogen-bond acceptors (Lipinski definition) is 3. The normalized spacial score (nSPS) is 22.2. The van der Waals surface area contributed by atoms with Gasteiger partial charge in [-0.15, -0.1) is 0 Å². The van der Waals surface area contributed by atoms with Crippen molar-refractivity contribution in [2.75, 3.05) is 26.2 Å². The van der Waals surface area contributed by atoms with Crippen LogP contribution in [0.2, 0.25) is 0 Å². The van der Waals surface area contributed by atoms with Gasteiger partial charge >= 0.3 is 0 Å². The first-order valence-electron chi connectivity index (χ1n) is 5.80. The smallest absolute Gasteiger partial charge is 0.192 e. The Morgan fingerprint density at radius 3 is 3.25 bits per heavy atom. The van der Waals surface area contributed by atoms with E-state index < -0.39 is 0 Å². The van der Waals surface area contributed by atoms with Crippen molar-refractivity contribution in [2.45, 2.75) is 19.4 Å². The largest absolute Gasteiger partial charge is 0.376 e. The zero-order valence-electron chi connectivity index (χ0n) is 9.61. The minimum Gasteiger partial charge on any atom is -0.376 e. The van der Waals surface area contributed by atoms with Crippen LogP contribution in [-0.2, 0) is 4.74 Å². The fraction of sp³-hybridized carbons (Fsp3) is 0.583. The standard InChI is InChI=1S/C12H18N2O2/c1-2-10-8-14(6-7-16-10)9-12(15)11-4-3-5-13-11/h3-5,10,13H,2,6-9H2,1H3. The van der Waals surface area contributed by atoms with E-state index in [1.807, 2.05) is 12.1 Å². The van der Waals surface area contributed by atoms with E-state index in [0.717, 1.165) is 26.1 Å². The predicted octanol–water partition coefficient (Wildman–Crippen LogP) is 1.31. The first-order chi connectivity index (χ1) is 7.79. The summed E-state index contributed by atoms with van der Waals surface area (Å²) in [5, 5.41) is 0. The van der Waals surface area contributed by atoms with Crippen molar-refractivity contribution in [3.63, 3.8) is 0 Å². The Kier molecular flexibility index (Phi) is 3.74. The minimum atomic E-state index is 0.154. The van der Waals surface area contributed by atoms with Crippen LogP contribution in [0.5, 0.6) is 0 Å². The third-order valence-corrected chi connectivity index (χ3v) is 2.94. The van der Waals surface area contributed by atoms with Crippen molar-refractivity contribution >= 4 is 5.78 Å². The predicted molar refractivity (Wildman–Crippen MR) is 61.6 cm³/mol. The summed E-state index contributed by atoms with van der Waals surface area (Å²) in [5.41, 5.74) is 0.694. The molecule has 0 spiro atoms. The lowest BCUT2D eigenvalue weighted by molar-refractivity contribution is -0.0271. The molecule has 1 N–H and O–H groups in total. The molecule has 1 aliphatic heterocycles. The van der Waals surface area contributed by atoms with Gasteiger partial charge in [-0.3, -0.25) is 9.69 Å². The number of aromatic amines is 1. The summed E-state index contributed by atoms with van der Waals surface area (Å²) >= 11 is 0. The minimum absolute atomic E-state index is 0.154. The van der Waals surface area contributed by atoms with Gasteiger partial charge in [0.1, 0.15) is 0 Å². The van der Waals surface area contributed by atoms with E-state index in [9.17, 15) is 4.79 Å². The SMILES string of the molecule is CCC1CN(CC(=O)c2ccc[nH]2)CCO1. The van der Waals surface area contributed by atoms with E-state index in [1.165, 1.54) is 0 Å². The third-order valence-electron chi connectivity index (χ3n) is 2.94. The Labute approximate surface area is 95.6 Å². The van der Waals surface area contributed by atoms with Gasteiger partial charge in [-0.2, -0.15) is 0 Å². The van der Waals surface area contributed by atoms with Crippen LogP contribution in [0.25, 0.3) is 0 Å². The molecular weight excluding hydrogens is 204 g/mol. The van der Waals surface area contributed by atoms with Gasteiger partial charge in [-0.1, -0.05) is 6.92 Å². The van der Waals surface area contributed by atoms with Crippen LogP contribution in [0.15, 0.2) is 18.3 Å². The number of ketones is 1. The number of carbonyl (C=O) groups excluding carboxylic acids is 1. The molecule has 0 amide bonds. The quantitative estimate of drug-likeness (QED) is 0.781. The van der Waals surface area contributed by atoms with Crippen molar-refractivity contribution in [3.05, 3.63) is 24.0 Å². The molecule has 88 valence electrons. The topological polar surface area (TPSA) is 45.3 Å². The molecule has 0 bridgehead atoms. The van der Waals surface area contributed by atoms with Crippen LogP contribution >= 0.6 is 0 Å². The number of hydrogen-bond donors (Lipinski definition) is 1. The zero-order chi connectivity index (χ0) is 11.4. The van der Waals surface area contributed by atoms with Gasteiger partial charge in [0.15, 0.2) is 5.78 Å². The second-order valence-electron chi connectivity index (χ2n) is 4.14. The van der Waals surface area contributed by atoms with Gasteiger partial charge in [0.25, 0.3) is 0 Å². The summed E-state index contributed by atoms with van der Waals surface area (Å²) in [6, 6.07) is 3.67. The molecule has 2 rings (SSSR count). The van der Waals surface area contributed by atoms with E-state index in [-0.39, 0.29) is 11.9 Å². The van der Waals surface area contributed by atoms with Crippen molar-refractivity contribution in [1.82, 2.24) is 9.88 Å². The number of Topliss-reactive ketones (excluding diaryl/α,β-unsaturated/α-hetero) is 1. The molecule has 0 radical (unpaired) electrons. The van der Waals surface area contributed by atoms with E-state index in [1.54, 1.807) is 6.20 Å². The molecule has 0 aliphatic carbocycles. The van der Waals surface area contributed by atoms with E-state index in [4.69, 9.17) is 4.74 Å². The molecule has 0 aromatic carbocycles. The average molecular weight is 222 g/mol. The van der Waals surface area contributed by atoms with E-state index in [2.05, 4.69) is 16.8 Å². The summed E-state index contributed by atoms with van der Waals surface area (Å²) in [5.74, 6) is 0.154. The molecule has 1 saturated heterocycles. The molecule has 1 aliphatic rings. The van der Waals surface area contributed by atoms with Crippen LogP contribution < -0.4 is 0 Å². The lowest BCUT2D eigenvalue weighted by Crippen LogP contribution is -2.44. The Morgan fingerprint density at radius 1 is 1.69 bits per heavy atom. The van der Waals surface area contributed by atoms with E-state index in [0.29, 0.717) is 12.2 Å². The van der Waals surface area contributed by atoms with E-state index >= 15 is 0 Å². The first-order valence-corrected chi connectivity index (χ1v) is 5.80. The molecule has 16 heavy (non-hydrogen) atoms. The Morgan fingerprint density at radius 2 is 2.56 bits per heavy atom. The molecule has 1 unspecified atom stereocenters. The van der Waals surface area contributed by atoms with Crippen LogP contribution in [0, 0.1) is 0 Å². The van der Waals surface area contributed by atoms with Gasteiger partial charge in [0.2, 0.25) is 0 Å². The number of carbonyl (C=O) groups is 1. The Bertz CT molecular complexity index is 335. The van der Waals surface area contributed by atoms with Crippen molar-refractivity contribution < 1.29 is 9.53 Å². The van der Waals surface area contributed by atoms with Crippen molar-refractivity contribution in [1.29, 1.82) is 0 Å². The van der Waals surface area contributed by atoms with Crippen molar-refractivity contribution in [2.24, 2.45) is 0 Å². The number of nitrogens with one attached hydrogen (secondary N) is 1. The summed E-state index contributed by atoms with van der Waals surface area (Å²) in [7, 11) is 0. The number of nitrogens with zero attached hydrogens (tertiary/aromatic N) is 1. The average Bonchev–Trinajstić information content (AvgIpc) is 2.83. The first kappa shape index (κ1) is 11.4. The molecule has 1 aromatic rings. The number of aromatic nitrogens is 1. The van der Waals surface area contributed by atoms with Gasteiger partial charge < -0.3 is 9.72 Å². The molecule has 2 heterocycles. The zero-order valence-corrected chi connectivity index (χ0v) is 9.61. The summed E-state index contributed by atoms with van der Waals surface area (Å²) < 4.78 is 5.57. The number of morpholine rings is 1. The monoisotopic (exact) mass is 222 g/mol. The van der Waals surface area contributed by atoms with Crippen LogP contribution in [0.4, 0.5) is 0 Å². The highest BCUT2D eigenvalue weighted by atomic mass is 16.5. The Balaban J connectivity index is 1.87. The van der Waals surface area contributed by atoms with Gasteiger partial charge in [0, 0.05) is 19.3 Å². The summed E-state index contributed by atoms with van der Waals surface area (Å²) in [6.45, 7) is 5.05. The molecule has 4 heteroatoms. The summed E-state index contributed by atoms with van der Waals surface area (Å²) in [4.78, 5) is 17.0. The van der Waals surface area contributed by atoms with Crippen LogP contribution in [-0.4, -0.2) is 48.0 Å². The van der Waals surface area contributed by atoms with Gasteiger partial charge in [-0.25, -0.2) is 0 Å². The maximum absolute atomic E-state index is 11.9. The maximum Gasteiger partial charge on any atom is 0.192 e. The lowest BCUT2D eigenvalue weighted by Gasteiger charge is -2.31. The van der Waals surface area contributed by atoms with Crippen molar-refractivity contribution in [3.8, 4) is 0 Å². The van der Waals surface area contributed by atoms with Gasteiger partial charge in [0.05, 0.1) is 24.9 Å².